The summed E-state index contributed by atoms with van der Waals surface area (Å²) in [4.78, 5) is 28.1. The molecule has 1 aliphatic heterocycles. The van der Waals surface area contributed by atoms with Gasteiger partial charge < -0.3 is 18.8 Å². The summed E-state index contributed by atoms with van der Waals surface area (Å²) >= 11 is 6.05. The molecule has 1 aliphatic rings. The summed E-state index contributed by atoms with van der Waals surface area (Å²) in [5.41, 5.74) is 3.21. The number of nitrogens with zero attached hydrogens (tertiary/aromatic N) is 2. The van der Waals surface area contributed by atoms with Gasteiger partial charge in [0.25, 0.3) is 5.91 Å². The molecule has 46 heavy (non-hydrogen) atoms. The normalized spacial score (nSPS) is 14.4. The van der Waals surface area contributed by atoms with E-state index in [1.165, 1.54) is 22.4 Å². The molecular formula is C35H33ClN2O7S. The van der Waals surface area contributed by atoms with Crippen molar-refractivity contribution in [2.24, 2.45) is 0 Å². The molecule has 0 atom stereocenters. The van der Waals surface area contributed by atoms with E-state index in [0.717, 1.165) is 16.7 Å². The smallest absolute Gasteiger partial charge is 0.340 e. The number of ether oxygens (including phenoxy) is 2. The van der Waals surface area contributed by atoms with Crippen LogP contribution in [-0.4, -0.2) is 43.7 Å². The first-order valence-corrected chi connectivity index (χ1v) is 16.2. The van der Waals surface area contributed by atoms with Gasteiger partial charge >= 0.3 is 5.97 Å². The Kier molecular flexibility index (Phi) is 9.81. The Morgan fingerprint density at radius 2 is 1.54 bits per heavy atom. The molecule has 0 saturated heterocycles. The van der Waals surface area contributed by atoms with Crippen molar-refractivity contribution in [2.45, 2.75) is 38.4 Å². The third-order valence-electron chi connectivity index (χ3n) is 7.63. The molecule has 1 amide bonds. The molecule has 0 bridgehead atoms. The number of rotatable bonds is 11. The van der Waals surface area contributed by atoms with Crippen LogP contribution < -0.4 is 4.74 Å². The molecular weight excluding hydrogens is 628 g/mol. The Morgan fingerprint density at radius 3 is 2.17 bits per heavy atom. The van der Waals surface area contributed by atoms with Crippen molar-refractivity contribution in [1.82, 2.24) is 9.21 Å². The number of sulfonamides is 1. The molecule has 3 aromatic carbocycles. The minimum atomic E-state index is -3.93. The van der Waals surface area contributed by atoms with Crippen molar-refractivity contribution in [3.05, 3.63) is 135 Å². The number of amides is 1. The van der Waals surface area contributed by atoms with E-state index in [-0.39, 0.29) is 41.4 Å². The van der Waals surface area contributed by atoms with Crippen molar-refractivity contribution in [3.63, 3.8) is 0 Å². The van der Waals surface area contributed by atoms with E-state index in [2.05, 4.69) is 0 Å². The number of methoxy groups -OCH3 is 2. The zero-order valence-corrected chi connectivity index (χ0v) is 27.4. The highest BCUT2D eigenvalue weighted by molar-refractivity contribution is 7.89. The van der Waals surface area contributed by atoms with Crippen LogP contribution in [0.2, 0.25) is 5.02 Å². The average Bonchev–Trinajstić information content (AvgIpc) is 3.59. The van der Waals surface area contributed by atoms with Gasteiger partial charge in [-0.25, -0.2) is 13.2 Å². The lowest BCUT2D eigenvalue weighted by Gasteiger charge is -2.21. The molecule has 11 heteroatoms. The number of carbonyl (C=O) groups excluding carboxylic acids is 2. The van der Waals surface area contributed by atoms with E-state index < -0.39 is 21.9 Å². The quantitative estimate of drug-likeness (QED) is 0.133. The maximum absolute atomic E-state index is 13.8. The first-order chi connectivity index (χ1) is 22.0. The van der Waals surface area contributed by atoms with Crippen molar-refractivity contribution < 1.29 is 31.9 Å². The highest BCUT2D eigenvalue weighted by atomic mass is 35.5. The number of furan rings is 1. The molecule has 0 spiro atoms. The molecule has 4 aromatic rings. The lowest BCUT2D eigenvalue weighted by Crippen LogP contribution is -2.30. The minimum absolute atomic E-state index is 0.0672. The fourth-order valence-electron chi connectivity index (χ4n) is 5.08. The van der Waals surface area contributed by atoms with Crippen molar-refractivity contribution in [3.8, 4) is 5.75 Å². The fourth-order valence-corrected chi connectivity index (χ4v) is 6.60. The van der Waals surface area contributed by atoms with Gasteiger partial charge in [0, 0.05) is 17.3 Å². The van der Waals surface area contributed by atoms with Gasteiger partial charge in [0.1, 0.15) is 17.3 Å². The van der Waals surface area contributed by atoms with E-state index in [9.17, 15) is 18.0 Å². The minimum Gasteiger partial charge on any atom is -0.497 e. The Bertz CT molecular complexity index is 1910. The van der Waals surface area contributed by atoms with E-state index >= 15 is 0 Å². The maximum atomic E-state index is 13.8. The number of esters is 1. The topological polar surface area (TPSA) is 106 Å². The first kappa shape index (κ1) is 32.7. The second kappa shape index (κ2) is 13.8. The van der Waals surface area contributed by atoms with Crippen molar-refractivity contribution in [2.75, 3.05) is 14.2 Å². The monoisotopic (exact) mass is 660 g/mol. The molecule has 9 nitrogen and oxygen atoms in total. The summed E-state index contributed by atoms with van der Waals surface area (Å²) in [5, 5.41) is 0.542. The predicted octanol–water partition coefficient (Wildman–Crippen LogP) is 6.51. The van der Waals surface area contributed by atoms with Crippen LogP contribution in [0.5, 0.6) is 5.75 Å². The van der Waals surface area contributed by atoms with Gasteiger partial charge in [-0.3, -0.25) is 4.79 Å². The van der Waals surface area contributed by atoms with Crippen LogP contribution in [0.3, 0.4) is 0 Å². The zero-order chi connectivity index (χ0) is 33.0. The Hall–Kier alpha value is -4.64. The Morgan fingerprint density at radius 1 is 0.891 bits per heavy atom. The number of allylic oxidation sites excluding steroid dienone is 1. The number of aryl methyl sites for hydroxylation is 1. The van der Waals surface area contributed by atoms with Crippen molar-refractivity contribution >= 4 is 39.6 Å². The average molecular weight is 661 g/mol. The van der Waals surface area contributed by atoms with Gasteiger partial charge in [0.05, 0.1) is 43.4 Å². The van der Waals surface area contributed by atoms with Gasteiger partial charge in [0.2, 0.25) is 10.0 Å². The molecule has 0 saturated carbocycles. The molecule has 2 heterocycles. The van der Waals surface area contributed by atoms with E-state index in [4.69, 9.17) is 25.5 Å². The van der Waals surface area contributed by atoms with Crippen LogP contribution in [0, 0.1) is 6.92 Å². The van der Waals surface area contributed by atoms with Crippen LogP contribution >= 0.6 is 11.6 Å². The summed E-state index contributed by atoms with van der Waals surface area (Å²) in [6, 6.07) is 24.1. The number of benzene rings is 3. The molecule has 1 aromatic heterocycles. The summed E-state index contributed by atoms with van der Waals surface area (Å²) in [6.45, 7) is 3.78. The number of hydrogen-bond donors (Lipinski definition) is 0. The largest absolute Gasteiger partial charge is 0.497 e. The first-order valence-electron chi connectivity index (χ1n) is 14.4. The maximum Gasteiger partial charge on any atom is 0.340 e. The van der Waals surface area contributed by atoms with Gasteiger partial charge in [-0.05, 0) is 79.6 Å². The summed E-state index contributed by atoms with van der Waals surface area (Å²) in [5.74, 6) is 0.263. The lowest BCUT2D eigenvalue weighted by atomic mass is 10.1. The lowest BCUT2D eigenvalue weighted by molar-refractivity contribution is -0.136. The van der Waals surface area contributed by atoms with Gasteiger partial charge in [-0.15, -0.1) is 0 Å². The van der Waals surface area contributed by atoms with Crippen LogP contribution in [0.25, 0.3) is 6.08 Å². The SMILES string of the molecule is COC(=O)C1=C(C)N(Cc2ccc(OC)cc2)C(=O)/C1=C/c1ccc(CN(Cc2ccc(Cl)cc2)S(=O)(=O)c2ccc(C)cc2)o1. The molecule has 0 aliphatic carbocycles. The van der Waals surface area contributed by atoms with E-state index in [1.807, 2.05) is 19.1 Å². The Balaban J connectivity index is 1.44. The van der Waals surface area contributed by atoms with Crippen molar-refractivity contribution in [1.29, 1.82) is 0 Å². The number of carbonyl (C=O) groups is 2. The van der Waals surface area contributed by atoms with Gasteiger partial charge in [0.15, 0.2) is 0 Å². The van der Waals surface area contributed by atoms with Crippen LogP contribution in [0.4, 0.5) is 0 Å². The second-order valence-corrected chi connectivity index (χ2v) is 13.1. The fraction of sp³-hybridized carbons (Fsp3) is 0.200. The molecule has 5 rings (SSSR count). The third-order valence-corrected chi connectivity index (χ3v) is 9.69. The van der Waals surface area contributed by atoms with E-state index in [1.54, 1.807) is 86.8 Å². The highest BCUT2D eigenvalue weighted by Gasteiger charge is 2.37. The summed E-state index contributed by atoms with van der Waals surface area (Å²) in [7, 11) is -1.10. The van der Waals surface area contributed by atoms with Gasteiger partial charge in [-0.1, -0.05) is 53.6 Å². The number of hydrogen-bond acceptors (Lipinski definition) is 7. The molecule has 0 fully saturated rings. The molecule has 238 valence electrons. The molecule has 0 unspecified atom stereocenters. The molecule has 0 radical (unpaired) electrons. The Labute approximate surface area is 273 Å². The standard InChI is InChI=1S/C35H33ClN2O7S/c1-23-5-17-31(18-6-23)46(41,42)37(20-25-7-11-27(36)12-8-25)22-30-16-15-29(45-30)19-32-33(35(40)44-4)24(2)38(34(32)39)21-26-9-13-28(43-3)14-10-26/h5-19H,20-22H2,1-4H3/b32-19+. The highest BCUT2D eigenvalue weighted by Crippen LogP contribution is 2.33. The van der Waals surface area contributed by atoms with Crippen LogP contribution in [0.15, 0.2) is 111 Å². The summed E-state index contributed by atoms with van der Waals surface area (Å²) in [6.07, 6.45) is 1.48. The third kappa shape index (κ3) is 7.09. The summed E-state index contributed by atoms with van der Waals surface area (Å²) < 4.78 is 45.2. The van der Waals surface area contributed by atoms with Crippen LogP contribution in [-0.2, 0) is 44.0 Å². The zero-order valence-electron chi connectivity index (χ0n) is 25.8. The van der Waals surface area contributed by atoms with Crippen LogP contribution in [0.1, 0.15) is 35.1 Å². The predicted molar refractivity (Wildman–Crippen MR) is 174 cm³/mol. The van der Waals surface area contributed by atoms with E-state index in [0.29, 0.717) is 22.2 Å². The van der Waals surface area contributed by atoms with Gasteiger partial charge in [-0.2, -0.15) is 4.31 Å². The molecule has 0 N–H and O–H groups in total. The second-order valence-electron chi connectivity index (χ2n) is 10.8. The number of halogens is 1.